The Kier molecular flexibility index (Phi) is 62.7. The molecule has 3 aliphatic carbocycles. The second kappa shape index (κ2) is 67.0. The molecule has 1 aliphatic heterocycles. The molecule has 0 atom stereocenters. The van der Waals surface area contributed by atoms with Gasteiger partial charge >= 0.3 is 811 Å². The molecule has 3 saturated carbocycles. The van der Waals surface area contributed by atoms with Gasteiger partial charge in [0.2, 0.25) is 5.82 Å². The summed E-state index contributed by atoms with van der Waals surface area (Å²) in [5.41, 5.74) is 7.83. The molecule has 0 bridgehead atoms. The van der Waals surface area contributed by atoms with Crippen LogP contribution in [-0.4, -0.2) is 92.6 Å². The van der Waals surface area contributed by atoms with Crippen molar-refractivity contribution < 1.29 is 152 Å². The standard InChI is InChI=1S/C16H29IO4.C13H13IO4S.C12H17IO2.C10H8F3IO4.C9H3F8IO2.C9H10FIO.C9H17IO2.C9H11IO.C6H11Cl2I.C6F5IO/c1-15(2,3)13(18)20-17(12-10-8-7-9-11-12)21-14(19)16(4,5)6;1-11-7-9-13(10-8-11)19(16,17)18-14(15)12-5-3-2-4-6-12;1-8-6-9(2)12(10(3)7-8)13(5)15-11(4)14;1-7(15)17-14(8-5-3-2-4-6-8)18-9(16)10(11,12)13;1-18(20-8(19)9(15,16)17)7-5(13)3(11)2(10)4(12)6(7)14;1-9(2)7-5-3-4-6-8(7)11(10)12-9;1-8(11)12-10(2)9-6-4-3-5-7-9;1-6-4-7(2)9(10-11)8(3)5-6;7-9(8)6-4-2-1-3-5-6;7-1-2(8)4(10)6(12-13)5(11)3(1)9/h12H,7-11H2,1-6H3;2-10,15H,1H3;6-7H,1-5H3;2-6H,1H3;1H3;3-6H,1-2H3;9H,3-7H2,1-2H3;4-5H,1-3H3;6H,1-5H2;. The molecule has 1 heterocycles. The summed E-state index contributed by atoms with van der Waals surface area (Å²) in [6, 6.07) is 38.6. The molecule has 8 aromatic rings. The smallest absolute Gasteiger partial charge is 0.200 e. The van der Waals surface area contributed by atoms with Crippen molar-refractivity contribution in [1.29, 1.82) is 0 Å². The van der Waals surface area contributed by atoms with Crippen LogP contribution >= 0.6 is 221 Å². The van der Waals surface area contributed by atoms with E-state index < -0.39 is 326 Å². The van der Waals surface area contributed by atoms with E-state index in [1.807, 2.05) is 100 Å². The minimum absolute atomic E-state index is 0.0605. The first kappa shape index (κ1) is 140. The van der Waals surface area contributed by atoms with Gasteiger partial charge in [0.1, 0.15) is 3.57 Å². The molecule has 0 aromatic heterocycles. The molecule has 8 aromatic carbocycles. The molecular formula is C99H119Cl2F17I10O21S. The average molecular weight is 3340 g/mol. The number of carbonyl (C=O) groups excluding carboxylic acids is 7. The molecule has 0 unspecified atom stereocenters. The Hall–Kier alpha value is -3.83. The largest absolute Gasteiger partial charge is 0.265 e. The summed E-state index contributed by atoms with van der Waals surface area (Å²) in [5.74, 6) is -28.7. The SMILES string of the molecule is CC(=O)OI(C)C1CCCCC1.CC(=O)OI(C)c1c(C)cc(C)cc1C.CC(=O)OI(OC(=O)C(F)(F)F)c1ccccc1.CC(C)(C)C(=O)OI(OC(=O)C(C)(C)C)C1CCCCC1.CC1(C)OI(F)c2ccccc21.CI(OC(=O)C(F)(F)F)c1c(F)c(F)c(F)c(F)c1F.Cc1cc(C)c(I=O)c(C)c1.Cc1ccc(S(=O)(=O)OI(O)c2ccccc2)cc1.ClI(Cl)C1CCCCC1.O=Ic1c(F)c(F)c(F)c(F)c1F. The molecule has 0 saturated heterocycles. The molecule has 0 spiro atoms. The Morgan fingerprint density at radius 2 is 0.773 bits per heavy atom. The predicted octanol–water partition coefficient (Wildman–Crippen LogP) is 34.2. The Bertz CT molecular complexity index is 5780. The first-order valence-corrected chi connectivity index (χ1v) is 80.8. The molecular weight excluding hydrogens is 3220 g/mol. The van der Waals surface area contributed by atoms with Crippen molar-refractivity contribution >= 4 is 273 Å². The van der Waals surface area contributed by atoms with Gasteiger partial charge in [-0.05, 0) is 31.9 Å². The van der Waals surface area contributed by atoms with Gasteiger partial charge in [0.25, 0.3) is 0 Å². The molecule has 4 aliphatic rings. The van der Waals surface area contributed by atoms with Crippen LogP contribution in [0, 0.1) is 142 Å². The van der Waals surface area contributed by atoms with E-state index in [1.54, 1.807) is 60.7 Å². The van der Waals surface area contributed by atoms with Crippen molar-refractivity contribution in [3.63, 3.8) is 0 Å². The summed E-state index contributed by atoms with van der Waals surface area (Å²) in [6.07, 6.45) is 8.36. The molecule has 51 heteroatoms. The van der Waals surface area contributed by atoms with Crippen LogP contribution in [0.2, 0.25) is 0 Å². The fourth-order valence-electron chi connectivity index (χ4n) is 12.8. The van der Waals surface area contributed by atoms with Crippen LogP contribution in [0.15, 0.2) is 138 Å². The van der Waals surface area contributed by atoms with Gasteiger partial charge in [-0.2, -0.15) is 0 Å². The Morgan fingerprint density at radius 3 is 1.15 bits per heavy atom. The predicted molar refractivity (Wildman–Crippen MR) is 623 cm³/mol. The van der Waals surface area contributed by atoms with E-state index in [1.165, 1.54) is 146 Å². The number of rotatable bonds is 19. The normalized spacial score (nSPS) is 14.8. The maximum absolute atomic E-state index is 13.3. The first-order valence-electron chi connectivity index (χ1n) is 44.7. The number of fused-ring (bicyclic) bond motifs is 1. The molecule has 12 rings (SSSR count). The van der Waals surface area contributed by atoms with Gasteiger partial charge in [-0.3, -0.25) is 6.14 Å². The van der Waals surface area contributed by atoms with E-state index in [0.29, 0.717) is 8.50 Å². The third-order valence-electron chi connectivity index (χ3n) is 19.9. The zero-order valence-corrected chi connectivity index (χ0v) is 109. The monoisotopic (exact) mass is 3340 g/mol. The number of halogens is 29. The van der Waals surface area contributed by atoms with E-state index in [-0.39, 0.29) is 36.3 Å². The number of aryl methyl sites for hydroxylation is 7. The summed E-state index contributed by atoms with van der Waals surface area (Å²) in [6.45, 7) is 33.1. The third-order valence-corrected chi connectivity index (χ3v) is 58.8. The van der Waals surface area contributed by atoms with Crippen molar-refractivity contribution in [1.82, 2.24) is 0 Å². The zero-order valence-electron chi connectivity index (χ0n) is 85.0. The van der Waals surface area contributed by atoms with Crippen molar-refractivity contribution in [3.05, 3.63) is 261 Å². The molecule has 21 nitrogen and oxygen atoms in total. The van der Waals surface area contributed by atoms with Gasteiger partial charge in [-0.1, -0.05) is 17.7 Å². The van der Waals surface area contributed by atoms with Crippen molar-refractivity contribution in [3.8, 4) is 0 Å². The number of alkyl halides is 12. The Balaban J connectivity index is 0.000000432. The number of benzene rings is 8. The molecule has 1 N–H and O–H groups in total. The first-order chi connectivity index (χ1) is 69.5. The molecule has 3 fully saturated rings. The van der Waals surface area contributed by atoms with Crippen molar-refractivity contribution in [2.45, 2.75) is 256 Å². The average Bonchev–Trinajstić information content (AvgIpc) is 1.31. The summed E-state index contributed by atoms with van der Waals surface area (Å²) in [4.78, 5) is 83.0. The van der Waals surface area contributed by atoms with Crippen LogP contribution in [0.3, 0.4) is 0 Å². The zero-order chi connectivity index (χ0) is 114. The van der Waals surface area contributed by atoms with Gasteiger partial charge < -0.3 is 0 Å². The van der Waals surface area contributed by atoms with Gasteiger partial charge in [-0.15, -0.1) is 0 Å². The van der Waals surface area contributed by atoms with Crippen LogP contribution in [0.5, 0.6) is 0 Å². The molecule has 150 heavy (non-hydrogen) atoms. The fourth-order valence-corrected chi connectivity index (χ4v) is 44.6. The van der Waals surface area contributed by atoms with Crippen LogP contribution in [0.25, 0.3) is 0 Å². The van der Waals surface area contributed by atoms with Gasteiger partial charge in [0, 0.05) is 0 Å². The van der Waals surface area contributed by atoms with Crippen LogP contribution in [0.1, 0.15) is 217 Å². The Morgan fingerprint density at radius 1 is 0.420 bits per heavy atom. The van der Waals surface area contributed by atoms with E-state index in [4.69, 9.17) is 35.7 Å². The summed E-state index contributed by atoms with van der Waals surface area (Å²) in [5, 5.41) is 0. The second-order valence-electron chi connectivity index (χ2n) is 35.1. The summed E-state index contributed by atoms with van der Waals surface area (Å²) in [7, 11) is 7.85. The number of carbonyl (C=O) groups is 7. The van der Waals surface area contributed by atoms with Gasteiger partial charge in [0.15, 0.2) is 65.7 Å². The maximum atomic E-state index is 13.3. The fraction of sp³-hybridized carbons (Fsp3) is 0.444. The minimum atomic E-state index is -5.43. The third kappa shape index (κ3) is 48.4. The molecule has 850 valence electrons. The van der Waals surface area contributed by atoms with Crippen molar-refractivity contribution in [2.75, 3.05) is 14.8 Å². The van der Waals surface area contributed by atoms with Crippen LogP contribution < -0.4 is 0 Å². The Labute approximate surface area is 954 Å². The van der Waals surface area contributed by atoms with E-state index >= 15 is 0 Å². The number of hydrogen-bond donors (Lipinski definition) is 1. The van der Waals surface area contributed by atoms with Crippen molar-refractivity contribution in [2.24, 2.45) is 10.8 Å². The van der Waals surface area contributed by atoms with E-state index in [2.05, 4.69) is 71.0 Å². The van der Waals surface area contributed by atoms with E-state index in [9.17, 15) is 125 Å². The van der Waals surface area contributed by atoms with E-state index in [0.717, 1.165) is 58.7 Å². The summed E-state index contributed by atoms with van der Waals surface area (Å²) >= 11 is -23.9. The van der Waals surface area contributed by atoms with Gasteiger partial charge in [0.05, 0.1) is 3.57 Å². The second-order valence-corrected chi connectivity index (χ2v) is 74.3. The van der Waals surface area contributed by atoms with Gasteiger partial charge in [-0.25, -0.2) is 22.0 Å². The summed E-state index contributed by atoms with van der Waals surface area (Å²) < 4.78 is 315. The molecule has 0 amide bonds. The number of hydrogen-bond acceptors (Lipinski definition) is 21. The van der Waals surface area contributed by atoms with Crippen LogP contribution in [-0.2, 0) is 82.5 Å². The molecule has 0 radical (unpaired) electrons. The maximum Gasteiger partial charge on any atom is 0.200 e. The van der Waals surface area contributed by atoms with Crippen LogP contribution in [0.4, 0.5) is 73.1 Å². The minimum Gasteiger partial charge on any atom is -0.265 e. The quantitative estimate of drug-likeness (QED) is 0.0259. The topological polar surface area (TPSA) is 291 Å².